The van der Waals surface area contributed by atoms with Crippen LogP contribution in [0.15, 0.2) is 54.7 Å². The number of halogens is 2. The van der Waals surface area contributed by atoms with Crippen LogP contribution in [-0.4, -0.2) is 26.9 Å². The average Bonchev–Trinajstić information content (AvgIpc) is 3.17. The van der Waals surface area contributed by atoms with E-state index in [1.165, 1.54) is 0 Å². The summed E-state index contributed by atoms with van der Waals surface area (Å²) in [7, 11) is 1.60. The molecule has 0 aliphatic rings. The van der Waals surface area contributed by atoms with Gasteiger partial charge in [0.05, 0.1) is 19.0 Å². The van der Waals surface area contributed by atoms with Crippen molar-refractivity contribution in [1.82, 2.24) is 19.7 Å². The van der Waals surface area contributed by atoms with Crippen molar-refractivity contribution < 1.29 is 4.74 Å². The van der Waals surface area contributed by atoms with Gasteiger partial charge in [0.1, 0.15) is 5.52 Å². The molecule has 28 heavy (non-hydrogen) atoms. The molecule has 0 unspecified atom stereocenters. The van der Waals surface area contributed by atoms with Crippen molar-refractivity contribution in [1.29, 1.82) is 0 Å². The molecule has 0 saturated carbocycles. The average molecular weight is 506 g/mol. The second kappa shape index (κ2) is 8.32. The minimum atomic E-state index is 0.470. The van der Waals surface area contributed by atoms with Crippen molar-refractivity contribution in [2.75, 3.05) is 12.4 Å². The quantitative estimate of drug-likeness (QED) is 0.294. The fraction of sp³-hybridized carbons (Fsp3) is 0.150. The van der Waals surface area contributed by atoms with Crippen LogP contribution in [-0.2, 0) is 11.0 Å². The van der Waals surface area contributed by atoms with Crippen molar-refractivity contribution in [3.63, 3.8) is 0 Å². The number of ether oxygens (including phenoxy) is 1. The summed E-state index contributed by atoms with van der Waals surface area (Å²) in [6.45, 7) is 0.586. The molecule has 6 nitrogen and oxygen atoms in total. The fourth-order valence-electron chi connectivity index (χ4n) is 2.92. The Bertz CT molecular complexity index is 1120. The van der Waals surface area contributed by atoms with Crippen LogP contribution in [0.5, 0.6) is 5.88 Å². The van der Waals surface area contributed by atoms with Gasteiger partial charge in [-0.15, -0.1) is 0 Å². The van der Waals surface area contributed by atoms with Crippen LogP contribution < -0.4 is 10.1 Å². The maximum Gasteiger partial charge on any atom is 0.245 e. The van der Waals surface area contributed by atoms with Gasteiger partial charge in [0.25, 0.3) is 0 Å². The topological polar surface area (TPSA) is 64.9 Å². The SMILES string of the molecule is COc1nc(NCc2ccc(Cl)c(CI)c2)nc2cnn(-c3ccccc3)c12. The maximum atomic E-state index is 6.20. The van der Waals surface area contributed by atoms with E-state index in [0.29, 0.717) is 23.9 Å². The summed E-state index contributed by atoms with van der Waals surface area (Å²) in [6, 6.07) is 15.8. The molecule has 0 fully saturated rings. The fourth-order valence-corrected chi connectivity index (χ4v) is 3.96. The summed E-state index contributed by atoms with van der Waals surface area (Å²) < 4.78 is 8.16. The molecule has 0 aliphatic heterocycles. The lowest BCUT2D eigenvalue weighted by molar-refractivity contribution is 0.401. The van der Waals surface area contributed by atoms with E-state index in [2.05, 4.69) is 49.0 Å². The number of rotatable bonds is 6. The Morgan fingerprint density at radius 1 is 1.14 bits per heavy atom. The van der Waals surface area contributed by atoms with Crippen LogP contribution >= 0.6 is 34.2 Å². The standard InChI is InChI=1S/C20H17ClIN5O/c1-28-19-18-17(12-24-27(18)15-5-3-2-4-6-15)25-20(26-19)23-11-13-7-8-16(21)14(9-13)10-22/h2-9,12H,10-11H2,1H3,(H,23,25,26). The van der Waals surface area contributed by atoms with Gasteiger partial charge in [-0.25, -0.2) is 9.67 Å². The van der Waals surface area contributed by atoms with E-state index in [1.54, 1.807) is 18.0 Å². The van der Waals surface area contributed by atoms with Crippen LogP contribution in [0.4, 0.5) is 5.95 Å². The minimum Gasteiger partial charge on any atom is -0.479 e. The number of fused-ring (bicyclic) bond motifs is 1. The molecule has 0 aliphatic carbocycles. The van der Waals surface area contributed by atoms with Gasteiger partial charge in [0, 0.05) is 16.0 Å². The molecule has 0 bridgehead atoms. The highest BCUT2D eigenvalue weighted by atomic mass is 127. The number of aromatic nitrogens is 4. The molecule has 4 aromatic rings. The third-order valence-electron chi connectivity index (χ3n) is 4.29. The number of hydrogen-bond acceptors (Lipinski definition) is 5. The monoisotopic (exact) mass is 505 g/mol. The summed E-state index contributed by atoms with van der Waals surface area (Å²) >= 11 is 8.50. The van der Waals surface area contributed by atoms with Gasteiger partial charge in [-0.3, -0.25) is 0 Å². The summed E-state index contributed by atoms with van der Waals surface area (Å²) in [4.78, 5) is 9.11. The first-order valence-electron chi connectivity index (χ1n) is 8.62. The van der Waals surface area contributed by atoms with Crippen molar-refractivity contribution in [3.8, 4) is 11.6 Å². The van der Waals surface area contributed by atoms with E-state index in [9.17, 15) is 0 Å². The molecule has 8 heteroatoms. The van der Waals surface area contributed by atoms with Gasteiger partial charge in [0.15, 0.2) is 5.52 Å². The molecule has 4 rings (SSSR count). The number of para-hydroxylation sites is 1. The molecule has 0 spiro atoms. The minimum absolute atomic E-state index is 0.470. The highest BCUT2D eigenvalue weighted by Gasteiger charge is 2.15. The zero-order chi connectivity index (χ0) is 19.5. The predicted molar refractivity (Wildman–Crippen MR) is 120 cm³/mol. The van der Waals surface area contributed by atoms with E-state index in [1.807, 2.05) is 42.5 Å². The van der Waals surface area contributed by atoms with Crippen LogP contribution in [0.1, 0.15) is 11.1 Å². The van der Waals surface area contributed by atoms with Crippen molar-refractivity contribution in [2.45, 2.75) is 11.0 Å². The van der Waals surface area contributed by atoms with Crippen LogP contribution in [0, 0.1) is 0 Å². The summed E-state index contributed by atoms with van der Waals surface area (Å²) in [5.74, 6) is 0.959. The lowest BCUT2D eigenvalue weighted by atomic mass is 10.1. The van der Waals surface area contributed by atoms with Crippen molar-refractivity contribution >= 4 is 51.2 Å². The summed E-state index contributed by atoms with van der Waals surface area (Å²) in [6.07, 6.45) is 1.72. The second-order valence-corrected chi connectivity index (χ2v) is 7.27. The van der Waals surface area contributed by atoms with Crippen molar-refractivity contribution in [3.05, 3.63) is 70.9 Å². The van der Waals surface area contributed by atoms with Gasteiger partial charge >= 0.3 is 0 Å². The first-order valence-corrected chi connectivity index (χ1v) is 10.5. The molecule has 0 radical (unpaired) electrons. The Morgan fingerprint density at radius 3 is 2.71 bits per heavy atom. The molecule has 0 atom stereocenters. The highest BCUT2D eigenvalue weighted by molar-refractivity contribution is 14.1. The lowest BCUT2D eigenvalue weighted by Gasteiger charge is -2.10. The predicted octanol–water partition coefficient (Wildman–Crippen LogP) is 5.02. The van der Waals surface area contributed by atoms with Crippen LogP contribution in [0.3, 0.4) is 0 Å². The Balaban J connectivity index is 1.64. The molecule has 2 aromatic heterocycles. The Labute approximate surface area is 181 Å². The van der Waals surface area contributed by atoms with E-state index in [-0.39, 0.29) is 0 Å². The molecule has 2 aromatic carbocycles. The normalized spacial score (nSPS) is 11.0. The van der Waals surface area contributed by atoms with E-state index >= 15 is 0 Å². The number of methoxy groups -OCH3 is 1. The number of hydrogen-bond donors (Lipinski definition) is 1. The lowest BCUT2D eigenvalue weighted by Crippen LogP contribution is -2.06. The second-order valence-electron chi connectivity index (χ2n) is 6.10. The first kappa shape index (κ1) is 18.9. The number of nitrogens with one attached hydrogen (secondary N) is 1. The molecule has 2 heterocycles. The summed E-state index contributed by atoms with van der Waals surface area (Å²) in [5.41, 5.74) is 4.59. The van der Waals surface area contributed by atoms with Gasteiger partial charge in [-0.2, -0.15) is 10.1 Å². The molecule has 0 saturated heterocycles. The summed E-state index contributed by atoms with van der Waals surface area (Å²) in [5, 5.41) is 8.50. The van der Waals surface area contributed by atoms with E-state index in [4.69, 9.17) is 16.3 Å². The van der Waals surface area contributed by atoms with Gasteiger partial charge in [0.2, 0.25) is 11.8 Å². The van der Waals surface area contributed by atoms with Crippen molar-refractivity contribution in [2.24, 2.45) is 0 Å². The van der Waals surface area contributed by atoms with Crippen LogP contribution in [0.2, 0.25) is 5.02 Å². The largest absolute Gasteiger partial charge is 0.479 e. The highest BCUT2D eigenvalue weighted by Crippen LogP contribution is 2.27. The van der Waals surface area contributed by atoms with Gasteiger partial charge < -0.3 is 10.1 Å². The molecular weight excluding hydrogens is 489 g/mol. The third-order valence-corrected chi connectivity index (χ3v) is 5.48. The zero-order valence-electron chi connectivity index (χ0n) is 15.1. The maximum absolute atomic E-state index is 6.20. The number of anilines is 1. The number of alkyl halides is 1. The van der Waals surface area contributed by atoms with Gasteiger partial charge in [-0.05, 0) is 29.3 Å². The number of nitrogens with zero attached hydrogens (tertiary/aromatic N) is 4. The third kappa shape index (κ3) is 3.77. The molecule has 142 valence electrons. The zero-order valence-corrected chi connectivity index (χ0v) is 18.0. The first-order chi connectivity index (χ1) is 13.7. The number of benzene rings is 2. The Morgan fingerprint density at radius 2 is 1.96 bits per heavy atom. The van der Waals surface area contributed by atoms with Gasteiger partial charge in [-0.1, -0.05) is 64.5 Å². The molecular formula is C20H17ClIN5O. The van der Waals surface area contributed by atoms with Crippen LogP contribution in [0.25, 0.3) is 16.7 Å². The Kier molecular flexibility index (Phi) is 5.63. The molecule has 1 N–H and O–H groups in total. The van der Waals surface area contributed by atoms with E-state index < -0.39 is 0 Å². The molecule has 0 amide bonds. The Hall–Kier alpha value is -2.39. The van der Waals surface area contributed by atoms with E-state index in [0.717, 1.165) is 31.8 Å². The smallest absolute Gasteiger partial charge is 0.245 e.